The third-order valence-corrected chi connectivity index (χ3v) is 6.09. The first-order valence-electron chi connectivity index (χ1n) is 10.6. The highest BCUT2D eigenvalue weighted by atomic mass is 32.2. The molecule has 0 aromatic heterocycles. The highest BCUT2D eigenvalue weighted by molar-refractivity contribution is 7.99. The van der Waals surface area contributed by atoms with E-state index in [4.69, 9.17) is 9.47 Å². The van der Waals surface area contributed by atoms with Gasteiger partial charge >= 0.3 is 5.97 Å². The number of carbonyl (C=O) groups is 4. The van der Waals surface area contributed by atoms with Gasteiger partial charge in [-0.15, -0.1) is 0 Å². The summed E-state index contributed by atoms with van der Waals surface area (Å²) >= 11 is 1.68. The molecule has 0 bridgehead atoms. The molecule has 0 spiro atoms. The SMILES string of the molecule is C=C(CSCCC)C(=O)c1ccc(OCCOC(=O)CN2C(=O)c3ccccc3C2=O)cc1. The monoisotopic (exact) mass is 467 g/mol. The van der Waals surface area contributed by atoms with Crippen LogP contribution in [-0.2, 0) is 9.53 Å². The minimum atomic E-state index is -0.700. The number of esters is 1. The second kappa shape index (κ2) is 11.5. The maximum Gasteiger partial charge on any atom is 0.326 e. The molecule has 0 fully saturated rings. The van der Waals surface area contributed by atoms with Gasteiger partial charge in [0, 0.05) is 16.9 Å². The minimum Gasteiger partial charge on any atom is -0.490 e. The number of imide groups is 1. The summed E-state index contributed by atoms with van der Waals surface area (Å²) in [6.07, 6.45) is 1.05. The Balaban J connectivity index is 1.40. The fourth-order valence-electron chi connectivity index (χ4n) is 3.18. The van der Waals surface area contributed by atoms with Crippen LogP contribution in [0.4, 0.5) is 0 Å². The van der Waals surface area contributed by atoms with E-state index in [1.807, 2.05) is 0 Å². The number of carbonyl (C=O) groups excluding carboxylic acids is 4. The Morgan fingerprint density at radius 3 is 2.21 bits per heavy atom. The first-order valence-corrected chi connectivity index (χ1v) is 11.7. The molecule has 1 aliphatic heterocycles. The molecule has 0 atom stereocenters. The van der Waals surface area contributed by atoms with E-state index in [0.717, 1.165) is 17.1 Å². The van der Waals surface area contributed by atoms with Crippen LogP contribution in [0.15, 0.2) is 60.7 Å². The van der Waals surface area contributed by atoms with Crippen LogP contribution in [0.25, 0.3) is 0 Å². The Kier molecular flexibility index (Phi) is 8.43. The summed E-state index contributed by atoms with van der Waals surface area (Å²) in [4.78, 5) is 49.9. The minimum absolute atomic E-state index is 0.0475. The molecular formula is C25H25NO6S. The van der Waals surface area contributed by atoms with Crippen LogP contribution in [0, 0.1) is 0 Å². The molecular weight excluding hydrogens is 442 g/mol. The van der Waals surface area contributed by atoms with Crippen molar-refractivity contribution in [3.8, 4) is 5.75 Å². The lowest BCUT2D eigenvalue weighted by molar-refractivity contribution is -0.144. The molecule has 0 saturated heterocycles. The molecule has 2 aromatic carbocycles. The molecule has 1 heterocycles. The van der Waals surface area contributed by atoms with Crippen molar-refractivity contribution in [1.29, 1.82) is 0 Å². The van der Waals surface area contributed by atoms with Gasteiger partial charge < -0.3 is 9.47 Å². The van der Waals surface area contributed by atoms with E-state index >= 15 is 0 Å². The predicted molar refractivity (Wildman–Crippen MR) is 126 cm³/mol. The molecule has 0 N–H and O–H groups in total. The zero-order valence-corrected chi connectivity index (χ0v) is 19.2. The largest absolute Gasteiger partial charge is 0.490 e. The zero-order valence-electron chi connectivity index (χ0n) is 18.4. The molecule has 3 rings (SSSR count). The van der Waals surface area contributed by atoms with Gasteiger partial charge in [-0.05, 0) is 48.6 Å². The van der Waals surface area contributed by atoms with Gasteiger partial charge in [-0.2, -0.15) is 11.8 Å². The molecule has 1 aliphatic rings. The van der Waals surface area contributed by atoms with Crippen molar-refractivity contribution in [2.75, 3.05) is 31.3 Å². The smallest absolute Gasteiger partial charge is 0.326 e. The highest BCUT2D eigenvalue weighted by Gasteiger charge is 2.36. The molecule has 0 unspecified atom stereocenters. The van der Waals surface area contributed by atoms with Crippen LogP contribution in [0.2, 0.25) is 0 Å². The molecule has 0 radical (unpaired) electrons. The van der Waals surface area contributed by atoms with Crippen molar-refractivity contribution in [3.05, 3.63) is 77.4 Å². The van der Waals surface area contributed by atoms with E-state index in [0.29, 0.717) is 22.6 Å². The topological polar surface area (TPSA) is 90.0 Å². The van der Waals surface area contributed by atoms with Crippen molar-refractivity contribution in [1.82, 2.24) is 4.90 Å². The Hall–Kier alpha value is -3.39. The van der Waals surface area contributed by atoms with E-state index in [1.54, 1.807) is 60.3 Å². The average molecular weight is 468 g/mol. The van der Waals surface area contributed by atoms with Crippen LogP contribution >= 0.6 is 11.8 Å². The molecule has 2 aromatic rings. The van der Waals surface area contributed by atoms with Gasteiger partial charge in [0.2, 0.25) is 0 Å². The van der Waals surface area contributed by atoms with Gasteiger partial charge in [0.1, 0.15) is 25.5 Å². The number of fused-ring (bicyclic) bond motifs is 1. The summed E-state index contributed by atoms with van der Waals surface area (Å²) in [6.45, 7) is 5.54. The van der Waals surface area contributed by atoms with E-state index < -0.39 is 24.3 Å². The molecule has 2 amide bonds. The van der Waals surface area contributed by atoms with Crippen molar-refractivity contribution in [2.45, 2.75) is 13.3 Å². The molecule has 0 saturated carbocycles. The van der Waals surface area contributed by atoms with E-state index in [1.165, 1.54) is 0 Å². The number of amides is 2. The number of ketones is 1. The summed E-state index contributed by atoms with van der Waals surface area (Å²) in [5.41, 5.74) is 1.66. The molecule has 7 nitrogen and oxygen atoms in total. The number of ether oxygens (including phenoxy) is 2. The molecule has 33 heavy (non-hydrogen) atoms. The first kappa shape index (κ1) is 24.3. The van der Waals surface area contributed by atoms with Crippen molar-refractivity contribution in [3.63, 3.8) is 0 Å². The van der Waals surface area contributed by atoms with Crippen LogP contribution in [0.3, 0.4) is 0 Å². The Labute approximate surface area is 196 Å². The summed E-state index contributed by atoms with van der Waals surface area (Å²) in [5, 5.41) is 0. The van der Waals surface area contributed by atoms with Gasteiger partial charge in [0.15, 0.2) is 5.78 Å². The van der Waals surface area contributed by atoms with Crippen molar-refractivity contribution in [2.24, 2.45) is 0 Å². The number of benzene rings is 2. The van der Waals surface area contributed by atoms with E-state index in [2.05, 4.69) is 13.5 Å². The van der Waals surface area contributed by atoms with Crippen LogP contribution < -0.4 is 4.74 Å². The number of hydrogen-bond acceptors (Lipinski definition) is 7. The lowest BCUT2D eigenvalue weighted by atomic mass is 10.1. The molecule has 172 valence electrons. The summed E-state index contributed by atoms with van der Waals surface area (Å²) in [6, 6.07) is 13.1. The highest BCUT2D eigenvalue weighted by Crippen LogP contribution is 2.22. The van der Waals surface area contributed by atoms with Crippen molar-refractivity contribution < 1.29 is 28.7 Å². The standard InChI is InChI=1S/C25H25NO6S/c1-3-14-33-16-17(2)23(28)18-8-10-19(11-9-18)31-12-13-32-22(27)15-26-24(29)20-6-4-5-7-21(20)25(26)30/h4-11H,2-3,12-16H2,1H3. The Bertz CT molecular complexity index is 1030. The second-order valence-corrected chi connectivity index (χ2v) is 8.43. The van der Waals surface area contributed by atoms with Crippen LogP contribution in [0.5, 0.6) is 5.75 Å². The number of hydrogen-bond donors (Lipinski definition) is 0. The average Bonchev–Trinajstić information content (AvgIpc) is 3.07. The maximum atomic E-state index is 12.4. The van der Waals surface area contributed by atoms with Gasteiger partial charge in [0.05, 0.1) is 11.1 Å². The normalized spacial score (nSPS) is 12.5. The molecule has 8 heteroatoms. The third kappa shape index (κ3) is 6.10. The van der Waals surface area contributed by atoms with Gasteiger partial charge in [-0.25, -0.2) is 0 Å². The lowest BCUT2D eigenvalue weighted by Gasteiger charge is -2.13. The summed E-state index contributed by atoms with van der Waals surface area (Å²) in [7, 11) is 0. The number of thioether (sulfide) groups is 1. The van der Waals surface area contributed by atoms with Gasteiger partial charge in [0.25, 0.3) is 11.8 Å². The number of rotatable bonds is 12. The van der Waals surface area contributed by atoms with Crippen LogP contribution in [0.1, 0.15) is 44.4 Å². The lowest BCUT2D eigenvalue weighted by Crippen LogP contribution is -2.36. The summed E-state index contributed by atoms with van der Waals surface area (Å²) in [5.74, 6) is 0.309. The molecule has 0 aliphatic carbocycles. The zero-order chi connectivity index (χ0) is 23.8. The quantitative estimate of drug-likeness (QED) is 0.154. The van der Waals surface area contributed by atoms with Crippen LogP contribution in [-0.4, -0.2) is 59.7 Å². The number of Topliss-reactive ketones (excluding diaryl/α,β-unsaturated/α-hetero) is 1. The fraction of sp³-hybridized carbons (Fsp3) is 0.280. The Morgan fingerprint density at radius 1 is 0.970 bits per heavy atom. The maximum absolute atomic E-state index is 12.4. The first-order chi connectivity index (χ1) is 15.9. The predicted octanol–water partition coefficient (Wildman–Crippen LogP) is 3.79. The Morgan fingerprint density at radius 2 is 1.61 bits per heavy atom. The van der Waals surface area contributed by atoms with Crippen molar-refractivity contribution >= 4 is 35.3 Å². The third-order valence-electron chi connectivity index (χ3n) is 4.84. The fourth-order valence-corrected chi connectivity index (χ4v) is 3.99. The second-order valence-electron chi connectivity index (χ2n) is 7.32. The summed E-state index contributed by atoms with van der Waals surface area (Å²) < 4.78 is 10.6. The van der Waals surface area contributed by atoms with Gasteiger partial charge in [-0.3, -0.25) is 24.1 Å². The van der Waals surface area contributed by atoms with E-state index in [-0.39, 0.29) is 30.1 Å². The van der Waals surface area contributed by atoms with Gasteiger partial charge in [-0.1, -0.05) is 25.6 Å². The number of nitrogens with zero attached hydrogens (tertiary/aromatic N) is 1. The van der Waals surface area contributed by atoms with E-state index in [9.17, 15) is 19.2 Å².